The molecule has 0 aromatic heterocycles. The maximum atomic E-state index is 11.4. The summed E-state index contributed by atoms with van der Waals surface area (Å²) in [5, 5.41) is 21.7. The number of methoxy groups -OCH3 is 1. The number of aliphatic hydroxyl groups is 1. The predicted molar refractivity (Wildman–Crippen MR) is 60.8 cm³/mol. The average Bonchev–Trinajstić information content (AvgIpc) is 2.31. The van der Waals surface area contributed by atoms with Crippen LogP contribution in [0.25, 0.3) is 0 Å². The molecule has 0 heterocycles. The summed E-state index contributed by atoms with van der Waals surface area (Å²) in [7, 11) is 1.19. The Kier molecular flexibility index (Phi) is 6.73. The zero-order chi connectivity index (χ0) is 14.3. The van der Waals surface area contributed by atoms with Gasteiger partial charge in [0.2, 0.25) is 0 Å². The van der Waals surface area contributed by atoms with E-state index in [-0.39, 0.29) is 5.92 Å². The number of esters is 1. The van der Waals surface area contributed by atoms with Gasteiger partial charge in [-0.2, -0.15) is 0 Å². The Labute approximate surface area is 104 Å². The number of hydrogen-bond acceptors (Lipinski definition) is 5. The zero-order valence-corrected chi connectivity index (χ0v) is 10.5. The van der Waals surface area contributed by atoms with E-state index in [2.05, 4.69) is 10.1 Å². The first kappa shape index (κ1) is 16.2. The minimum Gasteiger partial charge on any atom is -0.480 e. The molecule has 1 unspecified atom stereocenters. The lowest BCUT2D eigenvalue weighted by molar-refractivity contribution is -0.144. The highest BCUT2D eigenvalue weighted by molar-refractivity contribution is 5.86. The summed E-state index contributed by atoms with van der Waals surface area (Å²) < 4.78 is 4.51. The van der Waals surface area contributed by atoms with E-state index in [0.717, 1.165) is 0 Å². The van der Waals surface area contributed by atoms with Crippen LogP contribution in [0, 0.1) is 5.92 Å². The van der Waals surface area contributed by atoms with Gasteiger partial charge in [-0.25, -0.2) is 14.4 Å². The summed E-state index contributed by atoms with van der Waals surface area (Å²) in [5.74, 6) is -2.22. The van der Waals surface area contributed by atoms with Crippen LogP contribution in [0.15, 0.2) is 0 Å². The second-order valence-electron chi connectivity index (χ2n) is 3.94. The number of nitrogens with one attached hydrogen (secondary N) is 2. The van der Waals surface area contributed by atoms with Gasteiger partial charge in [-0.05, 0) is 5.92 Å². The zero-order valence-electron chi connectivity index (χ0n) is 10.5. The predicted octanol–water partition coefficient (Wildman–Crippen LogP) is -1.07. The topological polar surface area (TPSA) is 125 Å². The molecule has 0 radical (unpaired) electrons. The molecule has 0 aliphatic carbocycles. The molecule has 8 nitrogen and oxygen atoms in total. The fraction of sp³-hybridized carbons (Fsp3) is 0.700. The number of aliphatic carboxylic acids is 1. The van der Waals surface area contributed by atoms with Crippen molar-refractivity contribution in [1.29, 1.82) is 0 Å². The van der Waals surface area contributed by atoms with Gasteiger partial charge in [0.1, 0.15) is 6.04 Å². The first-order valence-corrected chi connectivity index (χ1v) is 5.32. The Morgan fingerprint density at radius 2 is 1.78 bits per heavy atom. The van der Waals surface area contributed by atoms with Crippen LogP contribution < -0.4 is 10.6 Å². The monoisotopic (exact) mass is 262 g/mol. The Hall–Kier alpha value is -1.83. The smallest absolute Gasteiger partial charge is 0.328 e. The number of carboxylic acids is 1. The third-order valence-corrected chi connectivity index (χ3v) is 2.19. The summed E-state index contributed by atoms with van der Waals surface area (Å²) in [4.78, 5) is 33.4. The number of carbonyl (C=O) groups is 3. The first-order chi connectivity index (χ1) is 8.33. The van der Waals surface area contributed by atoms with E-state index >= 15 is 0 Å². The molecule has 0 aliphatic heterocycles. The summed E-state index contributed by atoms with van der Waals surface area (Å²) in [6, 6.07) is -3.17. The summed E-state index contributed by atoms with van der Waals surface area (Å²) >= 11 is 0. The number of hydrogen-bond donors (Lipinski definition) is 4. The van der Waals surface area contributed by atoms with Gasteiger partial charge in [0.25, 0.3) is 0 Å². The maximum Gasteiger partial charge on any atom is 0.328 e. The second-order valence-corrected chi connectivity index (χ2v) is 3.94. The molecule has 104 valence electrons. The number of ether oxygens (including phenoxy) is 1. The van der Waals surface area contributed by atoms with Gasteiger partial charge in [-0.15, -0.1) is 0 Å². The van der Waals surface area contributed by atoms with Crippen molar-refractivity contribution in [3.05, 3.63) is 0 Å². The van der Waals surface area contributed by atoms with E-state index in [4.69, 9.17) is 10.2 Å². The molecule has 0 spiro atoms. The molecular formula is C10H18N2O6. The van der Waals surface area contributed by atoms with E-state index < -0.39 is 36.7 Å². The van der Waals surface area contributed by atoms with Crippen LogP contribution in [0.4, 0.5) is 4.79 Å². The molecule has 0 fully saturated rings. The number of carbonyl (C=O) groups excluding carboxylic acids is 2. The van der Waals surface area contributed by atoms with E-state index in [1.165, 1.54) is 7.11 Å². The van der Waals surface area contributed by atoms with Gasteiger partial charge >= 0.3 is 18.0 Å². The lowest BCUT2D eigenvalue weighted by Crippen LogP contribution is -2.53. The largest absolute Gasteiger partial charge is 0.480 e. The minimum atomic E-state index is -1.42. The van der Waals surface area contributed by atoms with Crippen LogP contribution in [0.5, 0.6) is 0 Å². The van der Waals surface area contributed by atoms with Crippen LogP contribution in [-0.4, -0.2) is 54.0 Å². The fourth-order valence-electron chi connectivity index (χ4n) is 1.15. The Bertz CT molecular complexity index is 317. The molecule has 2 amide bonds. The van der Waals surface area contributed by atoms with Gasteiger partial charge in [0.15, 0.2) is 6.04 Å². The van der Waals surface area contributed by atoms with Crippen LogP contribution in [0.1, 0.15) is 13.8 Å². The highest BCUT2D eigenvalue weighted by Gasteiger charge is 2.26. The highest BCUT2D eigenvalue weighted by Crippen LogP contribution is 2.03. The second kappa shape index (κ2) is 7.49. The molecule has 2 atom stereocenters. The maximum absolute atomic E-state index is 11.4. The Morgan fingerprint density at radius 3 is 2.11 bits per heavy atom. The summed E-state index contributed by atoms with van der Waals surface area (Å²) in [6.07, 6.45) is 0. The van der Waals surface area contributed by atoms with Crippen molar-refractivity contribution in [2.45, 2.75) is 25.9 Å². The van der Waals surface area contributed by atoms with Gasteiger partial charge in [0.05, 0.1) is 13.7 Å². The van der Waals surface area contributed by atoms with Crippen molar-refractivity contribution in [2.24, 2.45) is 5.92 Å². The SMILES string of the molecule is COC(=O)C(NC(=O)N[C@H](CO)C(=O)O)C(C)C. The Morgan fingerprint density at radius 1 is 1.22 bits per heavy atom. The van der Waals surface area contributed by atoms with Crippen molar-refractivity contribution in [2.75, 3.05) is 13.7 Å². The summed E-state index contributed by atoms with van der Waals surface area (Å²) in [6.45, 7) is 2.65. The molecule has 0 bridgehead atoms. The molecule has 0 saturated carbocycles. The highest BCUT2D eigenvalue weighted by atomic mass is 16.5. The molecule has 0 aromatic carbocycles. The van der Waals surface area contributed by atoms with Crippen molar-refractivity contribution < 1.29 is 29.3 Å². The summed E-state index contributed by atoms with van der Waals surface area (Å²) in [5.41, 5.74) is 0. The van der Waals surface area contributed by atoms with Crippen LogP contribution in [-0.2, 0) is 14.3 Å². The number of urea groups is 1. The van der Waals surface area contributed by atoms with Crippen molar-refractivity contribution >= 4 is 18.0 Å². The number of rotatable bonds is 6. The van der Waals surface area contributed by atoms with Crippen molar-refractivity contribution in [3.63, 3.8) is 0 Å². The molecular weight excluding hydrogens is 244 g/mol. The molecule has 0 saturated heterocycles. The lowest BCUT2D eigenvalue weighted by atomic mass is 10.1. The van der Waals surface area contributed by atoms with Crippen molar-refractivity contribution in [3.8, 4) is 0 Å². The van der Waals surface area contributed by atoms with Gasteiger partial charge in [0, 0.05) is 0 Å². The standard InChI is InChI=1S/C10H18N2O6/c1-5(2)7(9(16)18-3)12-10(17)11-6(4-13)8(14)15/h5-7,13H,4H2,1-3H3,(H,14,15)(H2,11,12,17)/t6-,7?/m1/s1. The van der Waals surface area contributed by atoms with Gasteiger partial charge < -0.3 is 25.6 Å². The molecule has 4 N–H and O–H groups in total. The van der Waals surface area contributed by atoms with Crippen LogP contribution in [0.2, 0.25) is 0 Å². The molecule has 0 rings (SSSR count). The van der Waals surface area contributed by atoms with E-state index in [1.54, 1.807) is 13.8 Å². The molecule has 0 aliphatic rings. The molecule has 0 aromatic rings. The number of carboxylic acid groups (broad SMARTS) is 1. The van der Waals surface area contributed by atoms with E-state index in [0.29, 0.717) is 0 Å². The third-order valence-electron chi connectivity index (χ3n) is 2.19. The third kappa shape index (κ3) is 5.00. The number of amides is 2. The first-order valence-electron chi connectivity index (χ1n) is 5.32. The van der Waals surface area contributed by atoms with Gasteiger partial charge in [-0.3, -0.25) is 0 Å². The Balaban J connectivity index is 4.52. The van der Waals surface area contributed by atoms with Crippen molar-refractivity contribution in [1.82, 2.24) is 10.6 Å². The van der Waals surface area contributed by atoms with E-state index in [9.17, 15) is 14.4 Å². The molecule has 8 heteroatoms. The van der Waals surface area contributed by atoms with Crippen LogP contribution in [0.3, 0.4) is 0 Å². The fourth-order valence-corrected chi connectivity index (χ4v) is 1.15. The van der Waals surface area contributed by atoms with Crippen LogP contribution >= 0.6 is 0 Å². The minimum absolute atomic E-state index is 0.222. The number of aliphatic hydroxyl groups excluding tert-OH is 1. The lowest BCUT2D eigenvalue weighted by Gasteiger charge is -2.21. The molecule has 18 heavy (non-hydrogen) atoms. The van der Waals surface area contributed by atoms with Gasteiger partial charge in [-0.1, -0.05) is 13.8 Å². The quantitative estimate of drug-likeness (QED) is 0.452. The normalized spacial score (nSPS) is 13.6. The average molecular weight is 262 g/mol. The van der Waals surface area contributed by atoms with E-state index in [1.807, 2.05) is 5.32 Å².